The lowest BCUT2D eigenvalue weighted by atomic mass is 10.1. The van der Waals surface area contributed by atoms with Crippen LogP contribution in [-0.2, 0) is 6.18 Å². The van der Waals surface area contributed by atoms with E-state index in [1.807, 2.05) is 0 Å². The molecule has 0 saturated heterocycles. The number of anilines is 1. The van der Waals surface area contributed by atoms with Gasteiger partial charge in [0, 0.05) is 30.3 Å². The largest absolute Gasteiger partial charge is 0.506 e. The van der Waals surface area contributed by atoms with Crippen LogP contribution in [-0.4, -0.2) is 26.0 Å². The van der Waals surface area contributed by atoms with E-state index in [-0.39, 0.29) is 28.5 Å². The van der Waals surface area contributed by atoms with Crippen molar-refractivity contribution in [2.45, 2.75) is 20.0 Å². The molecular formula is C25H21F3N4O4. The van der Waals surface area contributed by atoms with Gasteiger partial charge in [-0.05, 0) is 62.4 Å². The van der Waals surface area contributed by atoms with Crippen LogP contribution in [0, 0.1) is 13.8 Å². The van der Waals surface area contributed by atoms with E-state index in [2.05, 4.69) is 20.3 Å². The second-order valence-electron chi connectivity index (χ2n) is 7.40. The van der Waals surface area contributed by atoms with Gasteiger partial charge in [-0.15, -0.1) is 0 Å². The summed E-state index contributed by atoms with van der Waals surface area (Å²) in [4.78, 5) is 34.2. The third kappa shape index (κ3) is 6.92. The second-order valence-corrected chi connectivity index (χ2v) is 7.40. The van der Waals surface area contributed by atoms with Gasteiger partial charge in [0.25, 0.3) is 5.91 Å². The number of amides is 1. The molecule has 11 heteroatoms. The number of aromatic hydroxyl groups is 1. The number of benzene rings is 1. The van der Waals surface area contributed by atoms with E-state index in [1.165, 1.54) is 24.5 Å². The first-order valence-electron chi connectivity index (χ1n) is 10.5. The Morgan fingerprint density at radius 3 is 2.25 bits per heavy atom. The number of nitrogens with zero attached hydrogens (tertiary/aromatic N) is 2. The van der Waals surface area contributed by atoms with Crippen LogP contribution in [0.3, 0.4) is 0 Å². The maximum Gasteiger partial charge on any atom is 0.416 e. The van der Waals surface area contributed by atoms with Crippen molar-refractivity contribution in [3.63, 3.8) is 0 Å². The lowest BCUT2D eigenvalue weighted by Crippen LogP contribution is -2.16. The fourth-order valence-corrected chi connectivity index (χ4v) is 2.86. The monoisotopic (exact) mass is 498 g/mol. The Balaban J connectivity index is 0.000000383. The fourth-order valence-electron chi connectivity index (χ4n) is 2.86. The topological polar surface area (TPSA) is 117 Å². The Morgan fingerprint density at radius 2 is 1.67 bits per heavy atom. The molecule has 0 spiro atoms. The minimum absolute atomic E-state index is 0.128. The molecule has 0 unspecified atom stereocenters. The molecule has 0 aliphatic rings. The molecule has 186 valence electrons. The van der Waals surface area contributed by atoms with Crippen LogP contribution >= 0.6 is 0 Å². The zero-order chi connectivity index (χ0) is 26.3. The first-order chi connectivity index (χ1) is 17.0. The van der Waals surface area contributed by atoms with Gasteiger partial charge in [0.2, 0.25) is 5.56 Å². The molecule has 3 heterocycles. The Hall–Kier alpha value is -4.67. The molecule has 3 aromatic heterocycles. The number of carbonyl (C=O) groups excluding carboxylic acids is 1. The molecule has 1 amide bonds. The normalized spacial score (nSPS) is 10.7. The maximum atomic E-state index is 13.1. The second kappa shape index (κ2) is 11.2. The zero-order valence-electron chi connectivity index (χ0n) is 19.1. The van der Waals surface area contributed by atoms with E-state index in [0.717, 1.165) is 24.3 Å². The molecule has 0 fully saturated rings. The van der Waals surface area contributed by atoms with Gasteiger partial charge in [-0.3, -0.25) is 19.6 Å². The van der Waals surface area contributed by atoms with Crippen molar-refractivity contribution < 1.29 is 27.8 Å². The zero-order valence-corrected chi connectivity index (χ0v) is 19.1. The van der Waals surface area contributed by atoms with E-state index in [0.29, 0.717) is 11.4 Å². The summed E-state index contributed by atoms with van der Waals surface area (Å²) in [6, 6.07) is 11.5. The number of nitrogens with one attached hydrogen (secondary N) is 2. The highest BCUT2D eigenvalue weighted by Gasteiger charge is 2.32. The van der Waals surface area contributed by atoms with Crippen molar-refractivity contribution in [1.82, 2.24) is 15.0 Å². The van der Waals surface area contributed by atoms with Crippen LogP contribution in [0.25, 0.3) is 0 Å². The summed E-state index contributed by atoms with van der Waals surface area (Å²) in [5.74, 6) is -0.538. The molecule has 4 rings (SSSR count). The van der Waals surface area contributed by atoms with Crippen molar-refractivity contribution in [3.05, 3.63) is 106 Å². The van der Waals surface area contributed by atoms with Gasteiger partial charge in [0.15, 0.2) is 0 Å². The van der Waals surface area contributed by atoms with E-state index in [9.17, 15) is 22.8 Å². The van der Waals surface area contributed by atoms with Crippen molar-refractivity contribution in [3.8, 4) is 17.2 Å². The number of aromatic amines is 1. The van der Waals surface area contributed by atoms with Crippen molar-refractivity contribution in [2.24, 2.45) is 0 Å². The van der Waals surface area contributed by atoms with Gasteiger partial charge < -0.3 is 20.1 Å². The van der Waals surface area contributed by atoms with Gasteiger partial charge >= 0.3 is 6.18 Å². The minimum Gasteiger partial charge on any atom is -0.506 e. The molecule has 4 aromatic rings. The number of alkyl halides is 3. The molecule has 0 radical (unpaired) electrons. The first-order valence-corrected chi connectivity index (χ1v) is 10.5. The predicted molar refractivity (Wildman–Crippen MR) is 126 cm³/mol. The maximum absolute atomic E-state index is 13.1. The Labute approximate surface area is 203 Å². The fraction of sp³-hybridized carbons (Fsp3) is 0.120. The molecule has 0 saturated carbocycles. The number of aromatic nitrogens is 3. The number of rotatable bonds is 4. The van der Waals surface area contributed by atoms with Crippen LogP contribution < -0.4 is 15.6 Å². The summed E-state index contributed by atoms with van der Waals surface area (Å²) in [5, 5.41) is 11.3. The Bertz CT molecular complexity index is 1400. The third-order valence-corrected chi connectivity index (χ3v) is 4.74. The van der Waals surface area contributed by atoms with Crippen molar-refractivity contribution in [2.75, 3.05) is 5.32 Å². The number of carbonyl (C=O) groups is 1. The predicted octanol–water partition coefficient (Wildman–Crippen LogP) is 5.24. The van der Waals surface area contributed by atoms with Gasteiger partial charge in [-0.1, -0.05) is 0 Å². The van der Waals surface area contributed by atoms with Gasteiger partial charge in [-0.2, -0.15) is 13.2 Å². The Kier molecular flexibility index (Phi) is 8.05. The number of hydrogen-bond acceptors (Lipinski definition) is 6. The number of H-pyrrole nitrogens is 1. The summed E-state index contributed by atoms with van der Waals surface area (Å²) < 4.78 is 44.9. The summed E-state index contributed by atoms with van der Waals surface area (Å²) >= 11 is 0. The van der Waals surface area contributed by atoms with E-state index in [4.69, 9.17) is 9.84 Å². The molecule has 8 nitrogen and oxygen atoms in total. The van der Waals surface area contributed by atoms with Crippen molar-refractivity contribution >= 4 is 11.6 Å². The van der Waals surface area contributed by atoms with Gasteiger partial charge in [0.1, 0.15) is 17.2 Å². The van der Waals surface area contributed by atoms with E-state index in [1.54, 1.807) is 38.2 Å². The SMILES string of the molecule is Cc1ncccc1O.Cc1ncccc1Oc1cc(C(F)(F)F)ccc1C(=O)Nc1cc[nH]c(=O)c1. The molecule has 0 aliphatic carbocycles. The van der Waals surface area contributed by atoms with E-state index >= 15 is 0 Å². The standard InChI is InChI=1S/C19H14F3N3O3.C6H7NO/c1-11-15(3-2-7-23-11)28-16-9-12(19(20,21)22)4-5-14(16)18(27)25-13-6-8-24-17(26)10-13;1-5-6(8)3-2-4-7-5/h2-10H,1H3,(H2,24,25,26,27);2-4,8H,1H3. The van der Waals surface area contributed by atoms with Gasteiger partial charge in [0.05, 0.1) is 22.5 Å². The van der Waals surface area contributed by atoms with Crippen LogP contribution in [0.1, 0.15) is 27.3 Å². The molecule has 1 aromatic carbocycles. The average Bonchev–Trinajstić information content (AvgIpc) is 2.82. The third-order valence-electron chi connectivity index (χ3n) is 4.74. The smallest absolute Gasteiger partial charge is 0.416 e. The molecule has 0 bridgehead atoms. The van der Waals surface area contributed by atoms with E-state index < -0.39 is 23.2 Å². The summed E-state index contributed by atoms with van der Waals surface area (Å²) in [6.45, 7) is 3.38. The molecule has 36 heavy (non-hydrogen) atoms. The van der Waals surface area contributed by atoms with Crippen LogP contribution in [0.2, 0.25) is 0 Å². The summed E-state index contributed by atoms with van der Waals surface area (Å²) in [5.41, 5.74) is -0.216. The highest BCUT2D eigenvalue weighted by molar-refractivity contribution is 6.06. The molecule has 0 aliphatic heterocycles. The number of hydrogen-bond donors (Lipinski definition) is 3. The van der Waals surface area contributed by atoms with Crippen LogP contribution in [0.5, 0.6) is 17.2 Å². The lowest BCUT2D eigenvalue weighted by Gasteiger charge is -2.15. The number of pyridine rings is 3. The highest BCUT2D eigenvalue weighted by atomic mass is 19.4. The molecule has 0 atom stereocenters. The summed E-state index contributed by atoms with van der Waals surface area (Å²) in [7, 11) is 0. The average molecular weight is 498 g/mol. The van der Waals surface area contributed by atoms with Crippen LogP contribution in [0.15, 0.2) is 78.0 Å². The van der Waals surface area contributed by atoms with Crippen molar-refractivity contribution in [1.29, 1.82) is 0 Å². The van der Waals surface area contributed by atoms with Crippen LogP contribution in [0.4, 0.5) is 18.9 Å². The molecule has 3 N–H and O–H groups in total. The Morgan fingerprint density at radius 1 is 0.972 bits per heavy atom. The number of ether oxygens (including phenoxy) is 1. The molecular weight excluding hydrogens is 477 g/mol. The summed E-state index contributed by atoms with van der Waals surface area (Å²) in [6.07, 6.45) is -0.116. The van der Waals surface area contributed by atoms with Gasteiger partial charge in [-0.25, -0.2) is 0 Å². The highest BCUT2D eigenvalue weighted by Crippen LogP contribution is 2.35. The first kappa shape index (κ1) is 25.9. The number of aryl methyl sites for hydroxylation is 2. The number of halogens is 3. The lowest BCUT2D eigenvalue weighted by molar-refractivity contribution is -0.137. The minimum atomic E-state index is -4.61. The quantitative estimate of drug-likeness (QED) is 0.354.